The van der Waals surface area contributed by atoms with Crippen molar-refractivity contribution < 1.29 is 0 Å². The second-order valence-corrected chi connectivity index (χ2v) is 7.16. The predicted octanol–water partition coefficient (Wildman–Crippen LogP) is 5.21. The first-order chi connectivity index (χ1) is 15.5. The lowest BCUT2D eigenvalue weighted by Crippen LogP contribution is -2.10. The highest BCUT2D eigenvalue weighted by atomic mass is 15.3. The number of aromatic nitrogens is 3. The summed E-state index contributed by atoms with van der Waals surface area (Å²) in [5, 5.41) is 27.4. The molecule has 1 heterocycles. The van der Waals surface area contributed by atoms with Gasteiger partial charge in [-0.25, -0.2) is 0 Å². The lowest BCUT2D eigenvalue weighted by Gasteiger charge is -2.15. The molecule has 0 aliphatic carbocycles. The highest BCUT2D eigenvalue weighted by Crippen LogP contribution is 2.26. The van der Waals surface area contributed by atoms with E-state index in [0.29, 0.717) is 23.4 Å². The van der Waals surface area contributed by atoms with Crippen LogP contribution in [-0.2, 0) is 0 Å². The van der Waals surface area contributed by atoms with Gasteiger partial charge in [-0.15, -0.1) is 0 Å². The van der Waals surface area contributed by atoms with Crippen LogP contribution >= 0.6 is 0 Å². The van der Waals surface area contributed by atoms with Gasteiger partial charge in [-0.1, -0.05) is 6.92 Å². The third-order valence-electron chi connectivity index (χ3n) is 4.58. The topological polar surface area (TPSA) is 122 Å². The highest BCUT2D eigenvalue weighted by Gasteiger charge is 2.11. The van der Waals surface area contributed by atoms with Crippen molar-refractivity contribution in [1.82, 2.24) is 15.0 Å². The van der Waals surface area contributed by atoms with E-state index in [-0.39, 0.29) is 0 Å². The second-order valence-electron chi connectivity index (χ2n) is 7.16. The first kappa shape index (κ1) is 22.3. The van der Waals surface area contributed by atoms with Gasteiger partial charge in [0.05, 0.1) is 17.7 Å². The molecule has 32 heavy (non-hydrogen) atoms. The minimum Gasteiger partial charge on any atom is -0.354 e. The van der Waals surface area contributed by atoms with Crippen LogP contribution in [0.15, 0.2) is 42.5 Å². The van der Waals surface area contributed by atoms with Crippen LogP contribution in [0.25, 0.3) is 6.08 Å². The van der Waals surface area contributed by atoms with Crippen LogP contribution < -0.4 is 16.0 Å². The van der Waals surface area contributed by atoms with Crippen molar-refractivity contribution in [3.8, 4) is 12.1 Å². The van der Waals surface area contributed by atoms with Gasteiger partial charge < -0.3 is 16.0 Å². The Kier molecular flexibility index (Phi) is 7.34. The quantitative estimate of drug-likeness (QED) is 0.421. The third kappa shape index (κ3) is 5.80. The van der Waals surface area contributed by atoms with E-state index >= 15 is 0 Å². The maximum absolute atomic E-state index is 8.98. The summed E-state index contributed by atoms with van der Waals surface area (Å²) in [6, 6.07) is 15.2. The summed E-state index contributed by atoms with van der Waals surface area (Å²) in [5.41, 5.74) is 5.22. The molecule has 0 fully saturated rings. The molecule has 0 unspecified atom stereocenters. The zero-order valence-corrected chi connectivity index (χ0v) is 18.3. The lowest BCUT2D eigenvalue weighted by atomic mass is 10.0. The molecule has 3 aromatic rings. The summed E-state index contributed by atoms with van der Waals surface area (Å²) in [6.07, 6.45) is 4.17. The SMILES string of the molecule is CCCNc1nc(Nc2ccc(C#N)cc2)nc(Nc2c(C)cc(/C=C/C#N)cc2C)n1. The van der Waals surface area contributed by atoms with Crippen molar-refractivity contribution in [2.24, 2.45) is 0 Å². The Morgan fingerprint density at radius 2 is 1.53 bits per heavy atom. The van der Waals surface area contributed by atoms with Gasteiger partial charge in [0.15, 0.2) is 0 Å². The number of aryl methyl sites for hydroxylation is 2. The molecule has 3 rings (SSSR count). The molecule has 0 saturated carbocycles. The van der Waals surface area contributed by atoms with Crippen LogP contribution in [-0.4, -0.2) is 21.5 Å². The minimum atomic E-state index is 0.384. The maximum atomic E-state index is 8.98. The monoisotopic (exact) mass is 424 g/mol. The van der Waals surface area contributed by atoms with Crippen LogP contribution in [0.4, 0.5) is 29.2 Å². The van der Waals surface area contributed by atoms with E-state index < -0.39 is 0 Å². The van der Waals surface area contributed by atoms with E-state index in [4.69, 9.17) is 10.5 Å². The Morgan fingerprint density at radius 3 is 2.12 bits per heavy atom. The number of nitrogens with one attached hydrogen (secondary N) is 3. The molecular formula is C24H24N8. The van der Waals surface area contributed by atoms with Gasteiger partial charge in [0.2, 0.25) is 17.8 Å². The lowest BCUT2D eigenvalue weighted by molar-refractivity contribution is 0.942. The molecule has 8 nitrogen and oxygen atoms in total. The fraction of sp³-hybridized carbons (Fsp3) is 0.208. The molecule has 0 aliphatic heterocycles. The standard InChI is InChI=1S/C24H24N8/c1-4-12-27-22-30-23(28-20-9-7-18(15-26)8-10-20)32-24(31-22)29-21-16(2)13-19(6-5-11-25)14-17(21)3/h5-10,13-14H,4,12H2,1-3H3,(H3,27,28,29,30,31,32)/b6-5+. The average Bonchev–Trinajstić information content (AvgIpc) is 2.79. The largest absolute Gasteiger partial charge is 0.354 e. The molecule has 8 heteroatoms. The van der Waals surface area contributed by atoms with Crippen molar-refractivity contribution >= 4 is 35.3 Å². The van der Waals surface area contributed by atoms with E-state index in [0.717, 1.165) is 41.0 Å². The molecule has 2 aromatic carbocycles. The molecule has 0 radical (unpaired) electrons. The molecule has 0 aliphatic rings. The zero-order chi connectivity index (χ0) is 22.9. The molecule has 3 N–H and O–H groups in total. The Labute approximate surface area is 187 Å². The van der Waals surface area contributed by atoms with E-state index in [9.17, 15) is 0 Å². The average molecular weight is 425 g/mol. The van der Waals surface area contributed by atoms with Crippen LogP contribution in [0.2, 0.25) is 0 Å². The first-order valence-electron chi connectivity index (χ1n) is 10.2. The van der Waals surface area contributed by atoms with Crippen molar-refractivity contribution in [3.05, 3.63) is 64.7 Å². The second kappa shape index (κ2) is 10.6. The number of anilines is 5. The van der Waals surface area contributed by atoms with Crippen LogP contribution in [0.3, 0.4) is 0 Å². The molecule has 0 saturated heterocycles. The fourth-order valence-electron chi connectivity index (χ4n) is 3.10. The number of hydrogen-bond acceptors (Lipinski definition) is 8. The Bertz CT molecular complexity index is 1180. The first-order valence-corrected chi connectivity index (χ1v) is 10.2. The van der Waals surface area contributed by atoms with Crippen molar-refractivity contribution in [2.75, 3.05) is 22.5 Å². The maximum Gasteiger partial charge on any atom is 0.233 e. The summed E-state index contributed by atoms with van der Waals surface area (Å²) < 4.78 is 0. The van der Waals surface area contributed by atoms with Crippen LogP contribution in [0.5, 0.6) is 0 Å². The van der Waals surface area contributed by atoms with Gasteiger partial charge in [0.1, 0.15) is 0 Å². The van der Waals surface area contributed by atoms with Crippen LogP contribution in [0.1, 0.15) is 35.6 Å². The number of hydrogen-bond donors (Lipinski definition) is 3. The van der Waals surface area contributed by atoms with Gasteiger partial charge in [-0.3, -0.25) is 0 Å². The van der Waals surface area contributed by atoms with Crippen LogP contribution in [0, 0.1) is 36.5 Å². The minimum absolute atomic E-state index is 0.384. The van der Waals surface area contributed by atoms with E-state index in [1.165, 1.54) is 6.08 Å². The summed E-state index contributed by atoms with van der Waals surface area (Å²) in [7, 11) is 0. The number of benzene rings is 2. The Morgan fingerprint density at radius 1 is 0.906 bits per heavy atom. The number of rotatable bonds is 8. The molecule has 1 aromatic heterocycles. The normalized spacial score (nSPS) is 10.4. The van der Waals surface area contributed by atoms with Gasteiger partial charge in [0, 0.05) is 24.0 Å². The molecule has 0 bridgehead atoms. The zero-order valence-electron chi connectivity index (χ0n) is 18.3. The van der Waals surface area contributed by atoms with Gasteiger partial charge >= 0.3 is 0 Å². The highest BCUT2D eigenvalue weighted by molar-refractivity contribution is 5.68. The summed E-state index contributed by atoms with van der Waals surface area (Å²) in [5.74, 6) is 1.25. The van der Waals surface area contributed by atoms with E-state index in [1.807, 2.05) is 32.0 Å². The van der Waals surface area contributed by atoms with Gasteiger partial charge in [-0.2, -0.15) is 25.5 Å². The number of nitrogens with zero attached hydrogens (tertiary/aromatic N) is 5. The Balaban J connectivity index is 1.91. The molecule has 160 valence electrons. The van der Waals surface area contributed by atoms with Crippen molar-refractivity contribution in [3.63, 3.8) is 0 Å². The Hall–Kier alpha value is -4.43. The van der Waals surface area contributed by atoms with E-state index in [1.54, 1.807) is 30.3 Å². The smallest absolute Gasteiger partial charge is 0.233 e. The van der Waals surface area contributed by atoms with Gasteiger partial charge in [0.25, 0.3) is 0 Å². The van der Waals surface area contributed by atoms with Gasteiger partial charge in [-0.05, 0) is 79.4 Å². The molecular weight excluding hydrogens is 400 g/mol. The summed E-state index contributed by atoms with van der Waals surface area (Å²) in [4.78, 5) is 13.5. The fourth-order valence-corrected chi connectivity index (χ4v) is 3.10. The number of nitriles is 2. The summed E-state index contributed by atoms with van der Waals surface area (Å²) in [6.45, 7) is 6.79. The molecule has 0 spiro atoms. The molecule has 0 atom stereocenters. The molecule has 0 amide bonds. The van der Waals surface area contributed by atoms with Crippen molar-refractivity contribution in [2.45, 2.75) is 27.2 Å². The van der Waals surface area contributed by atoms with Crippen molar-refractivity contribution in [1.29, 1.82) is 10.5 Å². The predicted molar refractivity (Wildman–Crippen MR) is 127 cm³/mol. The third-order valence-corrected chi connectivity index (χ3v) is 4.58. The number of allylic oxidation sites excluding steroid dienone is 1. The summed E-state index contributed by atoms with van der Waals surface area (Å²) >= 11 is 0. The van der Waals surface area contributed by atoms with E-state index in [2.05, 4.69) is 43.9 Å².